The molecule has 0 atom stereocenters. The number of rotatable bonds is 5. The first-order chi connectivity index (χ1) is 12.4. The SMILES string of the molecule is CCOC(=O)c1sc2nc(CN3CCC(C(N)=O)CC3)[nH]c(=O)c2c1C. The minimum absolute atomic E-state index is 0.0761. The molecule has 1 amide bonds. The molecule has 140 valence electrons. The van der Waals surface area contributed by atoms with Crippen LogP contribution in [0.15, 0.2) is 4.79 Å². The third-order valence-electron chi connectivity index (χ3n) is 4.67. The van der Waals surface area contributed by atoms with Crippen molar-refractivity contribution in [2.24, 2.45) is 11.7 Å². The second-order valence-electron chi connectivity index (χ2n) is 6.42. The molecule has 3 rings (SSSR count). The van der Waals surface area contributed by atoms with Crippen molar-refractivity contribution in [1.29, 1.82) is 0 Å². The fourth-order valence-corrected chi connectivity index (χ4v) is 4.34. The molecule has 3 heterocycles. The number of primary amides is 1. The molecule has 26 heavy (non-hydrogen) atoms. The predicted molar refractivity (Wildman–Crippen MR) is 98.1 cm³/mol. The van der Waals surface area contributed by atoms with Gasteiger partial charge in [0, 0.05) is 5.92 Å². The Balaban J connectivity index is 1.82. The average molecular weight is 378 g/mol. The normalized spacial score (nSPS) is 16.1. The number of ether oxygens (including phenoxy) is 1. The molecule has 0 aromatic carbocycles. The van der Waals surface area contributed by atoms with Crippen LogP contribution in [0.2, 0.25) is 0 Å². The number of hydrogen-bond donors (Lipinski definition) is 2. The van der Waals surface area contributed by atoms with Gasteiger partial charge in [0.15, 0.2) is 0 Å². The topological polar surface area (TPSA) is 118 Å². The zero-order chi connectivity index (χ0) is 18.8. The summed E-state index contributed by atoms with van der Waals surface area (Å²) in [5.41, 5.74) is 5.71. The molecule has 9 heteroatoms. The summed E-state index contributed by atoms with van der Waals surface area (Å²) in [6, 6.07) is 0. The van der Waals surface area contributed by atoms with E-state index >= 15 is 0 Å². The predicted octanol–water partition coefficient (Wildman–Crippen LogP) is 1.17. The lowest BCUT2D eigenvalue weighted by atomic mass is 9.96. The molecule has 1 aliphatic rings. The van der Waals surface area contributed by atoms with Crippen molar-refractivity contribution in [2.75, 3.05) is 19.7 Å². The molecule has 1 saturated heterocycles. The van der Waals surface area contributed by atoms with Crippen molar-refractivity contribution in [1.82, 2.24) is 14.9 Å². The van der Waals surface area contributed by atoms with E-state index in [2.05, 4.69) is 14.9 Å². The van der Waals surface area contributed by atoms with Gasteiger partial charge in [-0.3, -0.25) is 14.5 Å². The number of thiophene rings is 1. The molecular formula is C17H22N4O4S. The summed E-state index contributed by atoms with van der Waals surface area (Å²) < 4.78 is 5.04. The van der Waals surface area contributed by atoms with Crippen LogP contribution in [-0.4, -0.2) is 46.4 Å². The standard InChI is InChI=1S/C17H22N4O4S/c1-3-25-17(24)13-9(2)12-15(23)19-11(20-16(12)26-13)8-21-6-4-10(5-7-21)14(18)22/h10H,3-8H2,1-2H3,(H2,18,22)(H,19,20,23). The van der Waals surface area contributed by atoms with Crippen LogP contribution < -0.4 is 11.3 Å². The van der Waals surface area contributed by atoms with Gasteiger partial charge in [-0.15, -0.1) is 11.3 Å². The van der Waals surface area contributed by atoms with Gasteiger partial charge in [-0.1, -0.05) is 0 Å². The maximum absolute atomic E-state index is 12.5. The van der Waals surface area contributed by atoms with Gasteiger partial charge in [-0.05, 0) is 45.3 Å². The van der Waals surface area contributed by atoms with E-state index in [-0.39, 0.29) is 24.0 Å². The molecule has 0 unspecified atom stereocenters. The summed E-state index contributed by atoms with van der Waals surface area (Å²) in [4.78, 5) is 46.2. The Bertz CT molecular complexity index is 896. The molecule has 2 aromatic rings. The summed E-state index contributed by atoms with van der Waals surface area (Å²) in [7, 11) is 0. The molecule has 0 saturated carbocycles. The van der Waals surface area contributed by atoms with Crippen LogP contribution in [-0.2, 0) is 16.1 Å². The quantitative estimate of drug-likeness (QED) is 0.754. The number of nitrogens with one attached hydrogen (secondary N) is 1. The third-order valence-corrected chi connectivity index (χ3v) is 5.84. The summed E-state index contributed by atoms with van der Waals surface area (Å²) >= 11 is 1.18. The Morgan fingerprint density at radius 3 is 2.69 bits per heavy atom. The Hall–Kier alpha value is -2.26. The number of esters is 1. The van der Waals surface area contributed by atoms with E-state index in [0.717, 1.165) is 13.1 Å². The van der Waals surface area contributed by atoms with Crippen molar-refractivity contribution in [2.45, 2.75) is 33.2 Å². The van der Waals surface area contributed by atoms with Crippen LogP contribution in [0.3, 0.4) is 0 Å². The number of nitrogens with zero attached hydrogens (tertiary/aromatic N) is 2. The lowest BCUT2D eigenvalue weighted by Crippen LogP contribution is -2.38. The molecule has 0 bridgehead atoms. The van der Waals surface area contributed by atoms with Gasteiger partial charge in [0.05, 0.1) is 18.5 Å². The largest absolute Gasteiger partial charge is 0.462 e. The summed E-state index contributed by atoms with van der Waals surface area (Å²) in [5, 5.41) is 0.439. The van der Waals surface area contributed by atoms with Gasteiger partial charge < -0.3 is 15.5 Å². The van der Waals surface area contributed by atoms with E-state index in [9.17, 15) is 14.4 Å². The maximum Gasteiger partial charge on any atom is 0.348 e. The van der Waals surface area contributed by atoms with Crippen molar-refractivity contribution in [3.63, 3.8) is 0 Å². The first kappa shape index (κ1) is 18.5. The van der Waals surface area contributed by atoms with Crippen molar-refractivity contribution < 1.29 is 14.3 Å². The fraction of sp³-hybridized carbons (Fsp3) is 0.529. The van der Waals surface area contributed by atoms with E-state index in [1.807, 2.05) is 0 Å². The summed E-state index contributed by atoms with van der Waals surface area (Å²) in [5.74, 6) is -0.204. The van der Waals surface area contributed by atoms with Crippen molar-refractivity contribution >= 4 is 33.4 Å². The molecule has 1 aliphatic heterocycles. The lowest BCUT2D eigenvalue weighted by Gasteiger charge is -2.29. The van der Waals surface area contributed by atoms with Crippen LogP contribution in [0.1, 0.15) is 40.8 Å². The highest BCUT2D eigenvalue weighted by Crippen LogP contribution is 2.28. The summed E-state index contributed by atoms with van der Waals surface area (Å²) in [6.07, 6.45) is 1.43. The van der Waals surface area contributed by atoms with Crippen LogP contribution in [0.25, 0.3) is 10.2 Å². The molecule has 8 nitrogen and oxygen atoms in total. The number of amides is 1. The van der Waals surface area contributed by atoms with E-state index in [1.54, 1.807) is 13.8 Å². The average Bonchev–Trinajstić information content (AvgIpc) is 2.93. The van der Waals surface area contributed by atoms with Crippen LogP contribution in [0.4, 0.5) is 0 Å². The smallest absolute Gasteiger partial charge is 0.348 e. The molecule has 2 aromatic heterocycles. The molecule has 0 spiro atoms. The van der Waals surface area contributed by atoms with Crippen LogP contribution >= 0.6 is 11.3 Å². The highest BCUT2D eigenvalue weighted by molar-refractivity contribution is 7.20. The number of carbonyl (C=O) groups excluding carboxylic acids is 2. The second-order valence-corrected chi connectivity index (χ2v) is 7.42. The molecule has 1 fully saturated rings. The summed E-state index contributed by atoms with van der Waals surface area (Å²) in [6.45, 7) is 5.70. The van der Waals surface area contributed by atoms with E-state index in [1.165, 1.54) is 11.3 Å². The zero-order valence-electron chi connectivity index (χ0n) is 14.8. The second kappa shape index (κ2) is 7.55. The molecule has 0 radical (unpaired) electrons. The number of carbonyl (C=O) groups is 2. The highest BCUT2D eigenvalue weighted by Gasteiger charge is 2.24. The molecule has 0 aliphatic carbocycles. The molecular weight excluding hydrogens is 356 g/mol. The van der Waals surface area contributed by atoms with Gasteiger partial charge in [0.2, 0.25) is 5.91 Å². The number of aromatic amines is 1. The van der Waals surface area contributed by atoms with Crippen molar-refractivity contribution in [3.05, 3.63) is 26.6 Å². The van der Waals surface area contributed by atoms with E-state index < -0.39 is 5.97 Å². The van der Waals surface area contributed by atoms with Gasteiger partial charge in [-0.2, -0.15) is 0 Å². The van der Waals surface area contributed by atoms with Gasteiger partial charge in [-0.25, -0.2) is 9.78 Å². The number of aromatic nitrogens is 2. The van der Waals surface area contributed by atoms with Gasteiger partial charge in [0.1, 0.15) is 15.5 Å². The Morgan fingerprint density at radius 2 is 2.08 bits per heavy atom. The van der Waals surface area contributed by atoms with Gasteiger partial charge in [0.25, 0.3) is 5.56 Å². The number of nitrogens with two attached hydrogens (primary N) is 1. The first-order valence-corrected chi connectivity index (χ1v) is 9.43. The lowest BCUT2D eigenvalue weighted by molar-refractivity contribution is -0.123. The van der Waals surface area contributed by atoms with E-state index in [4.69, 9.17) is 10.5 Å². The Labute approximate surface area is 154 Å². The minimum atomic E-state index is -0.428. The zero-order valence-corrected chi connectivity index (χ0v) is 15.6. The van der Waals surface area contributed by atoms with Crippen LogP contribution in [0.5, 0.6) is 0 Å². The number of likely N-dealkylation sites (tertiary alicyclic amines) is 1. The highest BCUT2D eigenvalue weighted by atomic mass is 32.1. The Kier molecular flexibility index (Phi) is 5.38. The maximum atomic E-state index is 12.5. The number of hydrogen-bond acceptors (Lipinski definition) is 7. The molecule has 3 N–H and O–H groups in total. The van der Waals surface area contributed by atoms with Crippen molar-refractivity contribution in [3.8, 4) is 0 Å². The first-order valence-electron chi connectivity index (χ1n) is 8.61. The van der Waals surface area contributed by atoms with Gasteiger partial charge >= 0.3 is 5.97 Å². The fourth-order valence-electron chi connectivity index (χ4n) is 3.24. The number of piperidine rings is 1. The Morgan fingerprint density at radius 1 is 1.38 bits per heavy atom. The number of aryl methyl sites for hydroxylation is 1. The third kappa shape index (κ3) is 3.63. The van der Waals surface area contributed by atoms with Crippen LogP contribution in [0, 0.1) is 12.8 Å². The number of H-pyrrole nitrogens is 1. The minimum Gasteiger partial charge on any atom is -0.462 e. The van der Waals surface area contributed by atoms with E-state index in [0.29, 0.717) is 45.9 Å². The number of fused-ring (bicyclic) bond motifs is 1. The monoisotopic (exact) mass is 378 g/mol.